The maximum Gasteiger partial charge on any atom is 0.271 e. The fourth-order valence-corrected chi connectivity index (χ4v) is 4.97. The molecule has 1 aromatic heterocycles. The van der Waals surface area contributed by atoms with Gasteiger partial charge in [0, 0.05) is 17.4 Å². The highest BCUT2D eigenvalue weighted by atomic mass is 32.2. The topological polar surface area (TPSA) is 58.2 Å². The van der Waals surface area contributed by atoms with E-state index in [0.717, 1.165) is 5.69 Å². The van der Waals surface area contributed by atoms with E-state index in [1.807, 2.05) is 24.3 Å². The van der Waals surface area contributed by atoms with E-state index in [1.54, 1.807) is 17.5 Å². The second-order valence-electron chi connectivity index (χ2n) is 5.95. The van der Waals surface area contributed by atoms with Gasteiger partial charge >= 0.3 is 0 Å². The summed E-state index contributed by atoms with van der Waals surface area (Å²) in [5.41, 5.74) is 1.64. The molecule has 124 valence electrons. The fraction of sp³-hybridized carbons (Fsp3) is 0.412. The molecule has 1 heterocycles. The SMILES string of the molecule is O=S(=O)(Nc1ccc(NC2CCCCCC2)cc1)c1cccs1. The van der Waals surface area contributed by atoms with E-state index in [4.69, 9.17) is 0 Å². The molecule has 6 heteroatoms. The van der Waals surface area contributed by atoms with Crippen LogP contribution in [0.4, 0.5) is 11.4 Å². The molecule has 0 aliphatic heterocycles. The van der Waals surface area contributed by atoms with Crippen molar-refractivity contribution in [3.63, 3.8) is 0 Å². The van der Waals surface area contributed by atoms with Gasteiger partial charge in [-0.25, -0.2) is 8.42 Å². The van der Waals surface area contributed by atoms with Crippen LogP contribution in [0.1, 0.15) is 38.5 Å². The van der Waals surface area contributed by atoms with Crippen LogP contribution in [0.15, 0.2) is 46.0 Å². The Hall–Kier alpha value is -1.53. The van der Waals surface area contributed by atoms with Crippen molar-refractivity contribution in [3.8, 4) is 0 Å². The van der Waals surface area contributed by atoms with Gasteiger partial charge in [0.15, 0.2) is 0 Å². The van der Waals surface area contributed by atoms with E-state index >= 15 is 0 Å². The van der Waals surface area contributed by atoms with Crippen LogP contribution in [0.3, 0.4) is 0 Å². The molecule has 0 atom stereocenters. The zero-order valence-corrected chi connectivity index (χ0v) is 14.6. The lowest BCUT2D eigenvalue weighted by molar-refractivity contribution is 0.603. The lowest BCUT2D eigenvalue weighted by Gasteiger charge is -2.18. The third kappa shape index (κ3) is 4.48. The number of hydrogen-bond donors (Lipinski definition) is 2. The quantitative estimate of drug-likeness (QED) is 0.770. The minimum atomic E-state index is -3.47. The average molecular weight is 351 g/mol. The zero-order valence-electron chi connectivity index (χ0n) is 13.0. The van der Waals surface area contributed by atoms with Gasteiger partial charge in [-0.1, -0.05) is 31.7 Å². The molecule has 0 radical (unpaired) electrons. The van der Waals surface area contributed by atoms with Crippen LogP contribution in [0.2, 0.25) is 0 Å². The Kier molecular flexibility index (Phi) is 5.23. The van der Waals surface area contributed by atoms with Crippen LogP contribution in [0.5, 0.6) is 0 Å². The Balaban J connectivity index is 1.63. The second-order valence-corrected chi connectivity index (χ2v) is 8.80. The molecular weight excluding hydrogens is 328 g/mol. The summed E-state index contributed by atoms with van der Waals surface area (Å²) in [6.07, 6.45) is 7.68. The van der Waals surface area contributed by atoms with Crippen LogP contribution < -0.4 is 10.0 Å². The van der Waals surface area contributed by atoms with Gasteiger partial charge in [0.25, 0.3) is 10.0 Å². The van der Waals surface area contributed by atoms with Gasteiger partial charge in [0.05, 0.1) is 0 Å². The van der Waals surface area contributed by atoms with E-state index < -0.39 is 10.0 Å². The number of benzene rings is 1. The summed E-state index contributed by atoms with van der Waals surface area (Å²) in [6, 6.07) is 11.4. The molecule has 0 spiro atoms. The summed E-state index contributed by atoms with van der Waals surface area (Å²) in [5.74, 6) is 0. The highest BCUT2D eigenvalue weighted by molar-refractivity contribution is 7.94. The van der Waals surface area contributed by atoms with E-state index in [1.165, 1.54) is 49.9 Å². The predicted octanol–water partition coefficient (Wildman–Crippen LogP) is 4.68. The molecule has 4 nitrogen and oxygen atoms in total. The van der Waals surface area contributed by atoms with Gasteiger partial charge in [-0.05, 0) is 48.6 Å². The van der Waals surface area contributed by atoms with Gasteiger partial charge in [-0.15, -0.1) is 11.3 Å². The molecule has 3 rings (SSSR count). The number of hydrogen-bond acceptors (Lipinski definition) is 4. The number of anilines is 2. The molecule has 1 fully saturated rings. The van der Waals surface area contributed by atoms with Crippen LogP contribution >= 0.6 is 11.3 Å². The van der Waals surface area contributed by atoms with Gasteiger partial charge in [0.2, 0.25) is 0 Å². The molecule has 1 aromatic carbocycles. The normalized spacial score (nSPS) is 16.7. The first kappa shape index (κ1) is 16.3. The number of nitrogens with one attached hydrogen (secondary N) is 2. The maximum atomic E-state index is 12.2. The van der Waals surface area contributed by atoms with E-state index in [-0.39, 0.29) is 0 Å². The van der Waals surface area contributed by atoms with Crippen LogP contribution in [-0.4, -0.2) is 14.5 Å². The zero-order chi connectivity index (χ0) is 16.1. The summed E-state index contributed by atoms with van der Waals surface area (Å²) >= 11 is 1.21. The smallest absolute Gasteiger partial charge is 0.271 e. The predicted molar refractivity (Wildman–Crippen MR) is 96.7 cm³/mol. The lowest BCUT2D eigenvalue weighted by atomic mass is 10.1. The Morgan fingerprint density at radius 2 is 1.57 bits per heavy atom. The maximum absolute atomic E-state index is 12.2. The fourth-order valence-electron chi connectivity index (χ4n) is 2.92. The van der Waals surface area contributed by atoms with Gasteiger partial charge in [0.1, 0.15) is 4.21 Å². The molecule has 1 aliphatic carbocycles. The minimum absolute atomic E-state index is 0.332. The van der Waals surface area contributed by atoms with Crippen molar-refractivity contribution in [1.82, 2.24) is 0 Å². The van der Waals surface area contributed by atoms with Crippen LogP contribution in [0.25, 0.3) is 0 Å². The molecule has 0 bridgehead atoms. The number of rotatable bonds is 5. The standard InChI is InChI=1S/C17H22N2O2S2/c20-23(21,17-8-5-13-22-17)19-16-11-9-15(10-12-16)18-14-6-3-1-2-4-7-14/h5,8-14,18-19H,1-4,6-7H2. The number of thiophene rings is 1. The summed E-state index contributed by atoms with van der Waals surface area (Å²) in [6.45, 7) is 0. The van der Waals surface area contributed by atoms with Crippen LogP contribution in [-0.2, 0) is 10.0 Å². The molecule has 0 amide bonds. The van der Waals surface area contributed by atoms with E-state index in [0.29, 0.717) is 15.9 Å². The largest absolute Gasteiger partial charge is 0.382 e. The first-order chi connectivity index (χ1) is 11.1. The molecule has 0 unspecified atom stereocenters. The van der Waals surface area contributed by atoms with Crippen molar-refractivity contribution in [2.24, 2.45) is 0 Å². The first-order valence-corrected chi connectivity index (χ1v) is 10.4. The summed E-state index contributed by atoms with van der Waals surface area (Å²) in [7, 11) is -3.47. The number of sulfonamides is 1. The molecule has 2 aromatic rings. The first-order valence-electron chi connectivity index (χ1n) is 8.06. The lowest BCUT2D eigenvalue weighted by Crippen LogP contribution is -2.18. The molecule has 0 saturated heterocycles. The highest BCUT2D eigenvalue weighted by Crippen LogP contribution is 2.24. The summed E-state index contributed by atoms with van der Waals surface area (Å²) in [4.78, 5) is 0. The Labute approximate surface area is 142 Å². The Bertz CT molecular complexity index is 702. The molecule has 2 N–H and O–H groups in total. The van der Waals surface area contributed by atoms with Gasteiger partial charge in [-0.3, -0.25) is 4.72 Å². The second kappa shape index (κ2) is 7.36. The molecule has 23 heavy (non-hydrogen) atoms. The van der Waals surface area contributed by atoms with Crippen molar-refractivity contribution in [3.05, 3.63) is 41.8 Å². The molecule has 1 aliphatic rings. The van der Waals surface area contributed by atoms with Crippen molar-refractivity contribution < 1.29 is 8.42 Å². The Morgan fingerprint density at radius 3 is 2.17 bits per heavy atom. The highest BCUT2D eigenvalue weighted by Gasteiger charge is 2.15. The van der Waals surface area contributed by atoms with Gasteiger partial charge < -0.3 is 5.32 Å². The van der Waals surface area contributed by atoms with Crippen molar-refractivity contribution >= 4 is 32.7 Å². The molecular formula is C17H22N2O2S2. The third-order valence-corrected chi connectivity index (χ3v) is 6.90. The van der Waals surface area contributed by atoms with Crippen molar-refractivity contribution in [1.29, 1.82) is 0 Å². The minimum Gasteiger partial charge on any atom is -0.382 e. The summed E-state index contributed by atoms with van der Waals surface area (Å²) < 4.78 is 27.3. The average Bonchev–Trinajstić information content (AvgIpc) is 2.97. The van der Waals surface area contributed by atoms with Crippen molar-refractivity contribution in [2.75, 3.05) is 10.0 Å². The van der Waals surface area contributed by atoms with Gasteiger partial charge in [-0.2, -0.15) is 0 Å². The van der Waals surface area contributed by atoms with Crippen LogP contribution in [0, 0.1) is 0 Å². The monoisotopic (exact) mass is 350 g/mol. The Morgan fingerprint density at radius 1 is 0.913 bits per heavy atom. The van der Waals surface area contributed by atoms with E-state index in [9.17, 15) is 8.42 Å². The van der Waals surface area contributed by atoms with E-state index in [2.05, 4.69) is 10.0 Å². The third-order valence-electron chi connectivity index (χ3n) is 4.12. The summed E-state index contributed by atoms with van der Waals surface area (Å²) in [5, 5.41) is 5.32. The van der Waals surface area contributed by atoms with Crippen molar-refractivity contribution in [2.45, 2.75) is 48.8 Å². The molecule has 1 saturated carbocycles.